The van der Waals surface area contributed by atoms with Gasteiger partial charge in [0.15, 0.2) is 12.6 Å². The molecule has 0 aromatic rings. The van der Waals surface area contributed by atoms with Crippen molar-refractivity contribution in [1.82, 2.24) is 5.32 Å². The molecule has 14 heteroatoms. The molecule has 0 spiro atoms. The first-order chi connectivity index (χ1) is 47.6. The van der Waals surface area contributed by atoms with E-state index in [1.807, 2.05) is 0 Å². The normalized spacial score (nSPS) is 22.7. The topological polar surface area (TPSA) is 228 Å². The van der Waals surface area contributed by atoms with E-state index in [1.165, 1.54) is 193 Å². The fourth-order valence-corrected chi connectivity index (χ4v) is 12.8. The van der Waals surface area contributed by atoms with Gasteiger partial charge in [-0.15, -0.1) is 0 Å². The Kier molecular flexibility index (Phi) is 61.4. The highest BCUT2D eigenvalue weighted by Crippen LogP contribution is 2.30. The van der Waals surface area contributed by atoms with E-state index in [0.29, 0.717) is 19.3 Å². The summed E-state index contributed by atoms with van der Waals surface area (Å²) >= 11 is 0. The van der Waals surface area contributed by atoms with E-state index in [4.69, 9.17) is 18.9 Å². The number of ether oxygens (including phenoxy) is 4. The third-order valence-corrected chi connectivity index (χ3v) is 19.1. The van der Waals surface area contributed by atoms with Crippen LogP contribution in [0, 0.1) is 0 Å². The fourth-order valence-electron chi connectivity index (χ4n) is 12.8. The molecule has 2 rings (SSSR count). The molecular weight excluding hydrogens is 1220 g/mol. The summed E-state index contributed by atoms with van der Waals surface area (Å²) in [6, 6.07) is -0.840. The van der Waals surface area contributed by atoms with Crippen LogP contribution >= 0.6 is 0 Å². The van der Waals surface area contributed by atoms with Gasteiger partial charge in [0.2, 0.25) is 5.91 Å². The molecule has 562 valence electrons. The van der Waals surface area contributed by atoms with Crippen molar-refractivity contribution in [2.75, 3.05) is 19.8 Å². The van der Waals surface area contributed by atoms with E-state index in [9.17, 15) is 45.6 Å². The number of hydrogen-bond donors (Lipinski definition) is 9. The quantitative estimate of drug-likeness (QED) is 0.0204. The lowest BCUT2D eigenvalue weighted by Gasteiger charge is -2.46. The van der Waals surface area contributed by atoms with Gasteiger partial charge in [-0.1, -0.05) is 342 Å². The summed E-state index contributed by atoms with van der Waals surface area (Å²) in [4.78, 5) is 13.4. The maximum absolute atomic E-state index is 13.4. The van der Waals surface area contributed by atoms with Crippen LogP contribution in [-0.4, -0.2) is 140 Å². The Labute approximate surface area is 592 Å². The summed E-state index contributed by atoms with van der Waals surface area (Å²) in [5.41, 5.74) is 0. The second-order valence-corrected chi connectivity index (χ2v) is 27.8. The van der Waals surface area contributed by atoms with Crippen LogP contribution in [-0.2, 0) is 23.7 Å². The van der Waals surface area contributed by atoms with E-state index in [0.717, 1.165) is 103 Å². The SMILES string of the molecule is CC/C=C\C/C=C\C/C=C\C/C=C\C/C=C\C/C=C\C/C=C\C/C=C\CCCCCCCCCCCCC(=O)NC(COC1OC(CO)C(OC2OC(CO)C(O)C(O)C2O)C(O)C1O)C(O)CCCCCCCCCCCCCCCCCCCCCCCCCCCCCC. The average Bonchev–Trinajstić information content (AvgIpc) is 0.793. The van der Waals surface area contributed by atoms with Crippen molar-refractivity contribution in [3.05, 3.63) is 97.2 Å². The zero-order chi connectivity index (χ0) is 70.1. The number of aliphatic hydroxyl groups is 8. The van der Waals surface area contributed by atoms with Crippen LogP contribution in [0.5, 0.6) is 0 Å². The van der Waals surface area contributed by atoms with E-state index in [-0.39, 0.29) is 12.5 Å². The van der Waals surface area contributed by atoms with Crippen LogP contribution in [0.25, 0.3) is 0 Å². The minimum absolute atomic E-state index is 0.211. The minimum Gasteiger partial charge on any atom is -0.394 e. The molecule has 2 aliphatic heterocycles. The second-order valence-electron chi connectivity index (χ2n) is 27.8. The molecule has 9 N–H and O–H groups in total. The Morgan fingerprint density at radius 3 is 1.09 bits per heavy atom. The molecule has 2 saturated heterocycles. The molecule has 0 saturated carbocycles. The molecule has 0 radical (unpaired) electrons. The van der Waals surface area contributed by atoms with Crippen molar-refractivity contribution in [2.45, 2.75) is 402 Å². The molecular formula is C83H147NO13. The molecule has 2 heterocycles. The van der Waals surface area contributed by atoms with Gasteiger partial charge in [-0.3, -0.25) is 4.79 Å². The van der Waals surface area contributed by atoms with E-state index in [2.05, 4.69) is 116 Å². The number of allylic oxidation sites excluding steroid dienone is 16. The summed E-state index contributed by atoms with van der Waals surface area (Å²) < 4.78 is 23.0. The molecule has 0 aliphatic carbocycles. The lowest BCUT2D eigenvalue weighted by atomic mass is 9.97. The molecule has 2 aliphatic rings. The lowest BCUT2D eigenvalue weighted by molar-refractivity contribution is -0.359. The van der Waals surface area contributed by atoms with Crippen LogP contribution in [0.15, 0.2) is 97.2 Å². The molecule has 0 aromatic heterocycles. The predicted molar refractivity (Wildman–Crippen MR) is 401 cm³/mol. The first kappa shape index (κ1) is 90.0. The van der Waals surface area contributed by atoms with Crippen LogP contribution < -0.4 is 5.32 Å². The van der Waals surface area contributed by atoms with Crippen molar-refractivity contribution in [3.63, 3.8) is 0 Å². The van der Waals surface area contributed by atoms with Gasteiger partial charge in [0.05, 0.1) is 32.0 Å². The molecule has 12 unspecified atom stereocenters. The molecule has 14 nitrogen and oxygen atoms in total. The zero-order valence-electron chi connectivity index (χ0n) is 61.6. The smallest absolute Gasteiger partial charge is 0.220 e. The highest BCUT2D eigenvalue weighted by Gasteiger charge is 2.51. The van der Waals surface area contributed by atoms with Gasteiger partial charge in [0, 0.05) is 6.42 Å². The Balaban J connectivity index is 1.63. The minimum atomic E-state index is -1.79. The van der Waals surface area contributed by atoms with Gasteiger partial charge >= 0.3 is 0 Å². The Hall–Kier alpha value is -3.09. The fraction of sp³-hybridized carbons (Fsp3) is 0.795. The highest BCUT2D eigenvalue weighted by molar-refractivity contribution is 5.76. The molecule has 1 amide bonds. The van der Waals surface area contributed by atoms with E-state index in [1.54, 1.807) is 0 Å². The third-order valence-electron chi connectivity index (χ3n) is 19.1. The highest BCUT2D eigenvalue weighted by atomic mass is 16.7. The van der Waals surface area contributed by atoms with Crippen molar-refractivity contribution >= 4 is 5.91 Å². The molecule has 0 bridgehead atoms. The number of rotatable bonds is 66. The summed E-state index contributed by atoms with van der Waals surface area (Å²) in [6.07, 6.45) is 77.2. The van der Waals surface area contributed by atoms with Gasteiger partial charge < -0.3 is 65.1 Å². The number of amides is 1. The van der Waals surface area contributed by atoms with Crippen molar-refractivity contribution < 1.29 is 64.6 Å². The second kappa shape index (κ2) is 66.2. The first-order valence-electron chi connectivity index (χ1n) is 40.0. The predicted octanol–water partition coefficient (Wildman–Crippen LogP) is 18.1. The standard InChI is InChI=1S/C83H147NO13/c1-3-5-7-9-11-13-15-17-19-21-23-25-27-29-31-33-34-35-36-37-38-39-41-43-45-47-49-51-53-55-57-59-61-63-65-67-75(88)84-71(70-94-82-80(93)78(91)81(74(69-86)96-82)97-83-79(92)77(90)76(89)73(68-85)95-83)72(87)66-64-62-60-58-56-54-52-50-48-46-44-42-40-32-30-28-26-24-22-20-18-16-14-12-10-8-6-4-2/h5,7,11,13,17,19,23,25,29,31,34-35,37-38,41,43,71-74,76-83,85-87,89-93H,3-4,6,8-10,12,14-16,18,20-22,24,26-28,30,32-33,36,39-40,42,44-70H2,1-2H3,(H,84,88)/b7-5-,13-11-,19-17-,25-23-,31-29-,35-34-,38-37-,43-41-. The Morgan fingerprint density at radius 2 is 0.711 bits per heavy atom. The van der Waals surface area contributed by atoms with Gasteiger partial charge in [-0.25, -0.2) is 0 Å². The molecule has 12 atom stereocenters. The largest absolute Gasteiger partial charge is 0.394 e. The number of aliphatic hydroxyl groups excluding tert-OH is 8. The van der Waals surface area contributed by atoms with Crippen molar-refractivity contribution in [2.24, 2.45) is 0 Å². The Bertz CT molecular complexity index is 2000. The van der Waals surface area contributed by atoms with Crippen LogP contribution in [0.4, 0.5) is 0 Å². The number of carbonyl (C=O) groups is 1. The van der Waals surface area contributed by atoms with Crippen LogP contribution in [0.1, 0.15) is 328 Å². The lowest BCUT2D eigenvalue weighted by Crippen LogP contribution is -2.65. The molecule has 2 fully saturated rings. The first-order valence-corrected chi connectivity index (χ1v) is 40.0. The van der Waals surface area contributed by atoms with Gasteiger partial charge in [0.25, 0.3) is 0 Å². The van der Waals surface area contributed by atoms with Crippen LogP contribution in [0.3, 0.4) is 0 Å². The zero-order valence-corrected chi connectivity index (χ0v) is 61.6. The monoisotopic (exact) mass is 1370 g/mol. The summed E-state index contributed by atoms with van der Waals surface area (Å²) in [7, 11) is 0. The molecule has 97 heavy (non-hydrogen) atoms. The summed E-state index contributed by atoms with van der Waals surface area (Å²) in [5, 5.41) is 87.9. The van der Waals surface area contributed by atoms with E-state index < -0.39 is 86.8 Å². The third kappa shape index (κ3) is 49.2. The summed E-state index contributed by atoms with van der Waals surface area (Å²) in [6.45, 7) is 2.79. The average molecular weight is 1370 g/mol. The van der Waals surface area contributed by atoms with Crippen molar-refractivity contribution in [3.8, 4) is 0 Å². The van der Waals surface area contributed by atoms with Gasteiger partial charge in [0.1, 0.15) is 48.8 Å². The maximum Gasteiger partial charge on any atom is 0.220 e. The number of hydrogen-bond acceptors (Lipinski definition) is 13. The van der Waals surface area contributed by atoms with Gasteiger partial charge in [-0.05, 0) is 77.0 Å². The number of unbranched alkanes of at least 4 members (excludes halogenated alkanes) is 37. The molecule has 0 aromatic carbocycles. The maximum atomic E-state index is 13.4. The van der Waals surface area contributed by atoms with Crippen molar-refractivity contribution in [1.29, 1.82) is 0 Å². The number of nitrogens with one attached hydrogen (secondary N) is 1. The van der Waals surface area contributed by atoms with E-state index >= 15 is 0 Å². The van der Waals surface area contributed by atoms with Crippen LogP contribution in [0.2, 0.25) is 0 Å². The number of carbonyl (C=O) groups excluding carboxylic acids is 1. The summed E-state index contributed by atoms with van der Waals surface area (Å²) in [5.74, 6) is -0.211. The Morgan fingerprint density at radius 1 is 0.381 bits per heavy atom. The van der Waals surface area contributed by atoms with Gasteiger partial charge in [-0.2, -0.15) is 0 Å².